The molecule has 3 heteroatoms. The van der Waals surface area contributed by atoms with Crippen molar-refractivity contribution in [2.24, 2.45) is 0 Å². The zero-order valence-electron chi connectivity index (χ0n) is 8.15. The molecule has 0 N–H and O–H groups in total. The molecule has 0 saturated carbocycles. The molecule has 0 fully saturated rings. The first-order valence-corrected chi connectivity index (χ1v) is 4.22. The number of rotatable bonds is 3. The summed E-state index contributed by atoms with van der Waals surface area (Å²) in [5, 5.41) is 0. The topological polar surface area (TPSA) is 20.3 Å². The summed E-state index contributed by atoms with van der Waals surface area (Å²) in [5.41, 5.74) is 0.690. The molecule has 0 aromatic heterocycles. The summed E-state index contributed by atoms with van der Waals surface area (Å²) >= 11 is 0. The number of carbonyl (C=O) groups excluding carboxylic acids is 1. The minimum atomic E-state index is -0.00870. The number of benzene rings is 1. The van der Waals surface area contributed by atoms with Crippen LogP contribution in [0.3, 0.4) is 0 Å². The standard InChI is InChI=1S/C11H13NO.Y/c1-3-12(4-2)11(13)10-8-6-5-7-9-10;/h5-9H,1-4H2;/q-2;. The smallest absolute Gasteiger partial charge is 0.248 e. The fourth-order valence-corrected chi connectivity index (χ4v) is 1.08. The van der Waals surface area contributed by atoms with Gasteiger partial charge in [-0.15, -0.1) is 13.1 Å². The zero-order valence-corrected chi connectivity index (χ0v) is 11.0. The average Bonchev–Trinajstić information content (AvgIpc) is 2.21. The van der Waals surface area contributed by atoms with Gasteiger partial charge in [-0.1, -0.05) is 18.2 Å². The van der Waals surface area contributed by atoms with Crippen molar-refractivity contribution in [3.05, 3.63) is 49.7 Å². The van der Waals surface area contributed by atoms with Crippen molar-refractivity contribution in [2.75, 3.05) is 13.1 Å². The normalized spacial score (nSPS) is 9.00. The van der Waals surface area contributed by atoms with E-state index in [1.54, 1.807) is 17.0 Å². The second kappa shape index (κ2) is 7.13. The van der Waals surface area contributed by atoms with Crippen molar-refractivity contribution >= 4 is 5.91 Å². The van der Waals surface area contributed by atoms with E-state index in [0.29, 0.717) is 18.7 Å². The van der Waals surface area contributed by atoms with Gasteiger partial charge in [-0.3, -0.25) is 4.79 Å². The molecule has 1 rings (SSSR count). The van der Waals surface area contributed by atoms with Crippen LogP contribution in [0.2, 0.25) is 0 Å². The van der Waals surface area contributed by atoms with Crippen LogP contribution in [0, 0.1) is 13.8 Å². The van der Waals surface area contributed by atoms with Gasteiger partial charge in [-0.2, -0.15) is 0 Å². The minimum absolute atomic E-state index is 0. The summed E-state index contributed by atoms with van der Waals surface area (Å²) in [6.07, 6.45) is 0. The Morgan fingerprint density at radius 3 is 2.07 bits per heavy atom. The Kier molecular flexibility index (Phi) is 7.03. The predicted molar refractivity (Wildman–Crippen MR) is 53.1 cm³/mol. The maximum atomic E-state index is 11.7. The van der Waals surface area contributed by atoms with Crippen LogP contribution >= 0.6 is 0 Å². The van der Waals surface area contributed by atoms with Crippen LogP contribution in [0.25, 0.3) is 0 Å². The van der Waals surface area contributed by atoms with E-state index in [-0.39, 0.29) is 38.6 Å². The molecule has 0 spiro atoms. The quantitative estimate of drug-likeness (QED) is 0.762. The van der Waals surface area contributed by atoms with Gasteiger partial charge in [0, 0.05) is 38.3 Å². The first kappa shape index (κ1) is 13.8. The Labute approximate surface area is 111 Å². The maximum absolute atomic E-state index is 11.7. The van der Waals surface area contributed by atoms with Gasteiger partial charge in [0.2, 0.25) is 5.91 Å². The van der Waals surface area contributed by atoms with Crippen molar-refractivity contribution in [1.82, 2.24) is 4.90 Å². The van der Waals surface area contributed by atoms with Gasteiger partial charge >= 0.3 is 0 Å². The van der Waals surface area contributed by atoms with Gasteiger partial charge in [-0.25, -0.2) is 0 Å². The molecule has 0 heterocycles. The van der Waals surface area contributed by atoms with E-state index < -0.39 is 0 Å². The molecule has 1 amide bonds. The molecule has 1 aromatic carbocycles. The molecule has 0 atom stereocenters. The average molecular weight is 264 g/mol. The molecule has 73 valence electrons. The van der Waals surface area contributed by atoms with Crippen LogP contribution in [-0.4, -0.2) is 23.9 Å². The van der Waals surface area contributed by atoms with Crippen LogP contribution in [0.4, 0.5) is 0 Å². The SMILES string of the molecule is [CH2-]CN(C[CH2-])C(=O)c1ccccc1.[Y]. The molecule has 14 heavy (non-hydrogen) atoms. The minimum Gasteiger partial charge on any atom is -0.399 e. The van der Waals surface area contributed by atoms with Crippen LogP contribution < -0.4 is 0 Å². The van der Waals surface area contributed by atoms with Crippen LogP contribution in [0.1, 0.15) is 10.4 Å². The Balaban J connectivity index is 0.00000169. The molecule has 0 aliphatic rings. The Morgan fingerprint density at radius 1 is 1.14 bits per heavy atom. The fraction of sp³-hybridized carbons (Fsp3) is 0.182. The Morgan fingerprint density at radius 2 is 1.64 bits per heavy atom. The monoisotopic (exact) mass is 264 g/mol. The predicted octanol–water partition coefficient (Wildman–Crippen LogP) is 1.79. The number of hydrogen-bond donors (Lipinski definition) is 0. The van der Waals surface area contributed by atoms with E-state index in [1.165, 1.54) is 0 Å². The second-order valence-electron chi connectivity index (χ2n) is 2.66. The van der Waals surface area contributed by atoms with Crippen molar-refractivity contribution in [3.63, 3.8) is 0 Å². The van der Waals surface area contributed by atoms with Gasteiger partial charge < -0.3 is 18.7 Å². The number of amides is 1. The van der Waals surface area contributed by atoms with Crippen molar-refractivity contribution in [3.8, 4) is 0 Å². The van der Waals surface area contributed by atoms with Crippen LogP contribution in [0.5, 0.6) is 0 Å². The molecular weight excluding hydrogens is 251 g/mol. The third-order valence-corrected chi connectivity index (χ3v) is 1.85. The largest absolute Gasteiger partial charge is 0.399 e. The molecule has 0 aliphatic carbocycles. The molecule has 1 aromatic rings. The van der Waals surface area contributed by atoms with Crippen molar-refractivity contribution in [1.29, 1.82) is 0 Å². The molecule has 0 aliphatic heterocycles. The van der Waals surface area contributed by atoms with E-state index in [4.69, 9.17) is 0 Å². The van der Waals surface area contributed by atoms with E-state index in [0.717, 1.165) is 0 Å². The maximum Gasteiger partial charge on any atom is 0.248 e. The van der Waals surface area contributed by atoms with Crippen molar-refractivity contribution < 1.29 is 37.5 Å². The summed E-state index contributed by atoms with van der Waals surface area (Å²) in [6, 6.07) is 9.16. The van der Waals surface area contributed by atoms with E-state index >= 15 is 0 Å². The molecular formula is C11H13NOY-2. The first-order valence-electron chi connectivity index (χ1n) is 4.22. The third kappa shape index (κ3) is 3.51. The van der Waals surface area contributed by atoms with Crippen molar-refractivity contribution in [2.45, 2.75) is 0 Å². The third-order valence-electron chi connectivity index (χ3n) is 1.85. The molecule has 1 radical (unpaired) electrons. The van der Waals surface area contributed by atoms with Gasteiger partial charge in [0.25, 0.3) is 0 Å². The first-order chi connectivity index (χ1) is 6.29. The van der Waals surface area contributed by atoms with E-state index in [2.05, 4.69) is 13.8 Å². The second-order valence-corrected chi connectivity index (χ2v) is 2.66. The van der Waals surface area contributed by atoms with Crippen LogP contribution in [-0.2, 0) is 32.7 Å². The van der Waals surface area contributed by atoms with E-state index in [1.807, 2.05) is 18.2 Å². The molecule has 2 nitrogen and oxygen atoms in total. The molecule has 0 saturated heterocycles. The summed E-state index contributed by atoms with van der Waals surface area (Å²) in [4.78, 5) is 13.2. The Hall–Kier alpha value is -0.206. The van der Waals surface area contributed by atoms with Gasteiger partial charge in [-0.05, 0) is 12.1 Å². The van der Waals surface area contributed by atoms with E-state index in [9.17, 15) is 4.79 Å². The summed E-state index contributed by atoms with van der Waals surface area (Å²) in [6.45, 7) is 8.25. The fourth-order valence-electron chi connectivity index (χ4n) is 1.08. The van der Waals surface area contributed by atoms with Gasteiger partial charge in [0.1, 0.15) is 0 Å². The number of nitrogens with zero attached hydrogens (tertiary/aromatic N) is 1. The molecule has 0 bridgehead atoms. The number of hydrogen-bond acceptors (Lipinski definition) is 1. The zero-order chi connectivity index (χ0) is 9.68. The summed E-state index contributed by atoms with van der Waals surface area (Å²) in [5.74, 6) is -0.00870. The van der Waals surface area contributed by atoms with Gasteiger partial charge in [0.05, 0.1) is 0 Å². The Bertz CT molecular complexity index is 270. The summed E-state index contributed by atoms with van der Waals surface area (Å²) < 4.78 is 0. The number of carbonyl (C=O) groups is 1. The molecule has 0 unspecified atom stereocenters. The van der Waals surface area contributed by atoms with Crippen LogP contribution in [0.15, 0.2) is 30.3 Å². The summed E-state index contributed by atoms with van der Waals surface area (Å²) in [7, 11) is 0. The van der Waals surface area contributed by atoms with Gasteiger partial charge in [0.15, 0.2) is 0 Å².